The van der Waals surface area contributed by atoms with Crippen LogP contribution in [-0.4, -0.2) is 13.4 Å². The van der Waals surface area contributed by atoms with E-state index in [1.165, 1.54) is 57.5 Å². The average Bonchev–Trinajstić information content (AvgIpc) is 2.45. The summed E-state index contributed by atoms with van der Waals surface area (Å²) < 4.78 is 0. The summed E-state index contributed by atoms with van der Waals surface area (Å²) in [6.45, 7) is 22.8. The summed E-state index contributed by atoms with van der Waals surface area (Å²) in [4.78, 5) is 0. The minimum Gasteiger partial charge on any atom is -0.0742 e. The molecule has 0 N–H and O–H groups in total. The highest BCUT2D eigenvalue weighted by Gasteiger charge is 2.24. The van der Waals surface area contributed by atoms with E-state index in [1.807, 2.05) is 0 Å². The van der Waals surface area contributed by atoms with Crippen molar-refractivity contribution < 1.29 is 0 Å². The fraction of sp³-hybridized carbons (Fsp3) is 1.00. The van der Waals surface area contributed by atoms with Gasteiger partial charge in [-0.3, -0.25) is 0 Å². The van der Waals surface area contributed by atoms with E-state index in [1.54, 1.807) is 0 Å². The fourth-order valence-electron chi connectivity index (χ4n) is 4.22. The second-order valence-corrected chi connectivity index (χ2v) is 8.60. The fourth-order valence-corrected chi connectivity index (χ4v) is 4.22. The van der Waals surface area contributed by atoms with Gasteiger partial charge in [-0.15, -0.1) is 0 Å². The second-order valence-electron chi connectivity index (χ2n) is 8.60. The summed E-state index contributed by atoms with van der Waals surface area (Å²) in [5, 5.41) is 0. The van der Waals surface area contributed by atoms with Crippen molar-refractivity contribution in [1.82, 2.24) is 0 Å². The molecule has 0 fully saturated rings. The molecule has 0 atom stereocenters. The smallest absolute Gasteiger partial charge is 0.0742 e. The van der Waals surface area contributed by atoms with E-state index in [0.29, 0.717) is 0 Å². The molecule has 0 radical (unpaired) electrons. The Morgan fingerprint density at radius 1 is 0.522 bits per heavy atom. The zero-order valence-corrected chi connectivity index (χ0v) is 18.3. The van der Waals surface area contributed by atoms with Crippen molar-refractivity contribution in [2.75, 3.05) is 0 Å². The quantitative estimate of drug-likeness (QED) is 0.315. The Morgan fingerprint density at radius 2 is 0.783 bits per heavy atom. The predicted octanol–water partition coefficient (Wildman–Crippen LogP) is 8.59. The standard InChI is InChI=1S/C12H27B.C9H21B/c1-4-7-10-13(11-8-5-2)12-9-6-3;1-7(2)10(8(3)4)9(5)6/h4-12H2,1-3H3;7-9H,1-6H3. The van der Waals surface area contributed by atoms with Crippen molar-refractivity contribution >= 4 is 13.4 Å². The van der Waals surface area contributed by atoms with Gasteiger partial charge in [-0.05, 0) is 0 Å². The van der Waals surface area contributed by atoms with Gasteiger partial charge in [-0.2, -0.15) is 0 Å². The molecule has 2 heteroatoms. The minimum absolute atomic E-state index is 0.833. The normalized spacial score (nSPS) is 11.0. The topological polar surface area (TPSA) is 0 Å². The molecule has 0 saturated heterocycles. The van der Waals surface area contributed by atoms with Gasteiger partial charge in [0.25, 0.3) is 0 Å². The van der Waals surface area contributed by atoms with Gasteiger partial charge in [0.15, 0.2) is 0 Å². The molecule has 0 aromatic rings. The van der Waals surface area contributed by atoms with Gasteiger partial charge < -0.3 is 0 Å². The number of rotatable bonds is 12. The van der Waals surface area contributed by atoms with Crippen LogP contribution in [0.4, 0.5) is 0 Å². The molecular weight excluding hydrogens is 274 g/mol. The molecule has 0 nitrogen and oxygen atoms in total. The summed E-state index contributed by atoms with van der Waals surface area (Å²) in [6, 6.07) is 0. The largest absolute Gasteiger partial charge is 0.147 e. The molecule has 0 amide bonds. The number of hydrogen-bond donors (Lipinski definition) is 0. The van der Waals surface area contributed by atoms with Gasteiger partial charge in [0, 0.05) is 0 Å². The van der Waals surface area contributed by atoms with Crippen LogP contribution in [0.2, 0.25) is 36.4 Å². The zero-order valence-electron chi connectivity index (χ0n) is 18.3. The van der Waals surface area contributed by atoms with E-state index in [0.717, 1.165) is 30.9 Å². The van der Waals surface area contributed by atoms with Gasteiger partial charge in [0.1, 0.15) is 13.4 Å². The summed E-state index contributed by atoms with van der Waals surface area (Å²) in [5.74, 6) is 2.50. The van der Waals surface area contributed by atoms with Crippen molar-refractivity contribution in [3.63, 3.8) is 0 Å². The van der Waals surface area contributed by atoms with Crippen LogP contribution in [0.25, 0.3) is 0 Å². The van der Waals surface area contributed by atoms with E-state index in [4.69, 9.17) is 0 Å². The monoisotopic (exact) mass is 322 g/mol. The average molecular weight is 322 g/mol. The van der Waals surface area contributed by atoms with Crippen molar-refractivity contribution in [3.05, 3.63) is 0 Å². The van der Waals surface area contributed by atoms with Crippen molar-refractivity contribution in [3.8, 4) is 0 Å². The lowest BCUT2D eigenvalue weighted by atomic mass is 9.30. The highest BCUT2D eigenvalue weighted by Crippen LogP contribution is 2.29. The molecule has 23 heavy (non-hydrogen) atoms. The Hall–Kier alpha value is 0.130. The lowest BCUT2D eigenvalue weighted by molar-refractivity contribution is 0.812. The molecule has 0 heterocycles. The maximum Gasteiger partial charge on any atom is 0.147 e. The molecule has 0 rings (SSSR count). The van der Waals surface area contributed by atoms with Crippen LogP contribution in [0, 0.1) is 0 Å². The zero-order chi connectivity index (χ0) is 18.3. The second kappa shape index (κ2) is 17.0. The van der Waals surface area contributed by atoms with E-state index in [-0.39, 0.29) is 0 Å². The molecule has 0 aliphatic heterocycles. The molecule has 0 aromatic carbocycles. The lowest BCUT2D eigenvalue weighted by Gasteiger charge is -2.24. The molecule has 0 aliphatic rings. The third-order valence-electron chi connectivity index (χ3n) is 5.21. The summed E-state index contributed by atoms with van der Waals surface area (Å²) in [6.07, 6.45) is 12.9. The third-order valence-corrected chi connectivity index (χ3v) is 5.21. The van der Waals surface area contributed by atoms with Gasteiger partial charge >= 0.3 is 0 Å². The first-order valence-corrected chi connectivity index (χ1v) is 10.8. The van der Waals surface area contributed by atoms with E-state index >= 15 is 0 Å². The van der Waals surface area contributed by atoms with Crippen LogP contribution in [0.1, 0.15) is 101 Å². The highest BCUT2D eigenvalue weighted by atomic mass is 14.0. The molecule has 0 aromatic heterocycles. The number of unbranched alkanes of at least 4 members (excludes halogenated alkanes) is 3. The molecule has 0 aliphatic carbocycles. The molecule has 0 spiro atoms. The molecule has 0 bridgehead atoms. The molecular formula is C21H48B2. The Labute approximate surface area is 151 Å². The van der Waals surface area contributed by atoms with Gasteiger partial charge in [-0.1, -0.05) is 137 Å². The SMILES string of the molecule is CC(C)B(C(C)C)C(C)C.CCCCB(CCCC)CCCC. The van der Waals surface area contributed by atoms with E-state index < -0.39 is 0 Å². The summed E-state index contributed by atoms with van der Waals surface area (Å²) in [7, 11) is 0. The predicted molar refractivity (Wildman–Crippen MR) is 116 cm³/mol. The van der Waals surface area contributed by atoms with Crippen LogP contribution < -0.4 is 0 Å². The number of hydrogen-bond acceptors (Lipinski definition) is 0. The van der Waals surface area contributed by atoms with Crippen LogP contribution in [0.3, 0.4) is 0 Å². The lowest BCUT2D eigenvalue weighted by Crippen LogP contribution is -2.24. The first kappa shape index (κ1) is 25.4. The Kier molecular flexibility index (Phi) is 18.7. The van der Waals surface area contributed by atoms with Gasteiger partial charge in [-0.25, -0.2) is 0 Å². The molecule has 0 unspecified atom stereocenters. The maximum absolute atomic E-state index is 2.32. The third kappa shape index (κ3) is 15.4. The van der Waals surface area contributed by atoms with E-state index in [2.05, 4.69) is 62.3 Å². The summed E-state index contributed by atoms with van der Waals surface area (Å²) in [5.41, 5.74) is 0. The highest BCUT2D eigenvalue weighted by molar-refractivity contribution is 6.63. The summed E-state index contributed by atoms with van der Waals surface area (Å²) >= 11 is 0. The Morgan fingerprint density at radius 3 is 0.913 bits per heavy atom. The Bertz CT molecular complexity index is 186. The van der Waals surface area contributed by atoms with E-state index in [9.17, 15) is 0 Å². The van der Waals surface area contributed by atoms with Crippen molar-refractivity contribution in [2.45, 2.75) is 137 Å². The van der Waals surface area contributed by atoms with Crippen LogP contribution in [0.15, 0.2) is 0 Å². The van der Waals surface area contributed by atoms with Crippen LogP contribution >= 0.6 is 0 Å². The first-order valence-electron chi connectivity index (χ1n) is 10.8. The maximum atomic E-state index is 2.32. The molecule has 0 saturated carbocycles. The Balaban J connectivity index is 0. The van der Waals surface area contributed by atoms with Crippen molar-refractivity contribution in [2.24, 2.45) is 0 Å². The van der Waals surface area contributed by atoms with Gasteiger partial charge in [0.2, 0.25) is 0 Å². The van der Waals surface area contributed by atoms with Crippen LogP contribution in [0.5, 0.6) is 0 Å². The van der Waals surface area contributed by atoms with Gasteiger partial charge in [0.05, 0.1) is 0 Å². The van der Waals surface area contributed by atoms with Crippen molar-refractivity contribution in [1.29, 1.82) is 0 Å². The minimum atomic E-state index is 0.833. The van der Waals surface area contributed by atoms with Crippen LogP contribution in [-0.2, 0) is 0 Å². The molecule has 138 valence electrons. The first-order chi connectivity index (χ1) is 10.8.